The second-order valence-electron chi connectivity index (χ2n) is 7.20. The number of likely N-dealkylation sites (N-methyl/N-ethyl adjacent to an activating group) is 1. The first-order valence-electron chi connectivity index (χ1n) is 9.05. The largest absolute Gasteiger partial charge is 0.454 e. The number of rotatable bonds is 6. The number of ether oxygens (including phenoxy) is 2. The normalized spacial score (nSPS) is 15.0. The molecular formula is C21H27N2O3+. The number of quaternary nitrogens is 1. The number of hydrogen-bond donors (Lipinski definition) is 2. The quantitative estimate of drug-likeness (QED) is 0.837. The highest BCUT2D eigenvalue weighted by Gasteiger charge is 2.23. The fourth-order valence-electron chi connectivity index (χ4n) is 2.95. The van der Waals surface area contributed by atoms with E-state index in [-0.39, 0.29) is 18.7 Å². The van der Waals surface area contributed by atoms with Crippen molar-refractivity contribution in [2.24, 2.45) is 0 Å². The first kappa shape index (κ1) is 18.3. The van der Waals surface area contributed by atoms with Crippen molar-refractivity contribution in [3.8, 4) is 11.5 Å². The third-order valence-electron chi connectivity index (χ3n) is 4.90. The number of carbonyl (C=O) groups excluding carboxylic acids is 1. The molecule has 138 valence electrons. The summed E-state index contributed by atoms with van der Waals surface area (Å²) in [5.74, 6) is 2.05. The molecule has 5 nitrogen and oxygen atoms in total. The van der Waals surface area contributed by atoms with Crippen molar-refractivity contribution in [2.75, 3.05) is 19.2 Å². The second-order valence-corrected chi connectivity index (χ2v) is 7.20. The van der Waals surface area contributed by atoms with Crippen molar-refractivity contribution >= 4 is 11.6 Å². The second kappa shape index (κ2) is 7.79. The number of hydrogen-bond acceptors (Lipinski definition) is 3. The molecule has 0 saturated carbocycles. The van der Waals surface area contributed by atoms with E-state index in [0.717, 1.165) is 34.2 Å². The minimum Gasteiger partial charge on any atom is -0.454 e. The lowest BCUT2D eigenvalue weighted by molar-refractivity contribution is -0.907. The van der Waals surface area contributed by atoms with Gasteiger partial charge in [0.2, 0.25) is 6.79 Å². The van der Waals surface area contributed by atoms with E-state index in [9.17, 15) is 4.79 Å². The molecule has 1 heterocycles. The molecule has 0 saturated heterocycles. The van der Waals surface area contributed by atoms with E-state index in [4.69, 9.17) is 9.47 Å². The maximum Gasteiger partial charge on any atom is 0.282 e. The van der Waals surface area contributed by atoms with E-state index in [0.29, 0.717) is 5.92 Å². The fraction of sp³-hybridized carbons (Fsp3) is 0.381. The summed E-state index contributed by atoms with van der Waals surface area (Å²) in [7, 11) is 2.02. The molecule has 2 aromatic rings. The van der Waals surface area contributed by atoms with E-state index >= 15 is 0 Å². The van der Waals surface area contributed by atoms with Gasteiger partial charge in [-0.3, -0.25) is 4.79 Å². The molecule has 0 fully saturated rings. The van der Waals surface area contributed by atoms with Gasteiger partial charge >= 0.3 is 0 Å². The molecular weight excluding hydrogens is 328 g/mol. The maximum absolute atomic E-state index is 12.6. The van der Waals surface area contributed by atoms with Gasteiger partial charge in [-0.15, -0.1) is 0 Å². The molecule has 0 spiro atoms. The van der Waals surface area contributed by atoms with Gasteiger partial charge in [-0.25, -0.2) is 0 Å². The Hall–Kier alpha value is -2.53. The van der Waals surface area contributed by atoms with Crippen LogP contribution in [0, 0.1) is 0 Å². The molecule has 1 amide bonds. The predicted octanol–water partition coefficient (Wildman–Crippen LogP) is 2.58. The zero-order valence-electron chi connectivity index (χ0n) is 15.8. The Morgan fingerprint density at radius 3 is 2.46 bits per heavy atom. The molecule has 0 radical (unpaired) electrons. The van der Waals surface area contributed by atoms with Gasteiger partial charge in [0.15, 0.2) is 17.5 Å². The summed E-state index contributed by atoms with van der Waals surface area (Å²) < 4.78 is 10.8. The van der Waals surface area contributed by atoms with Crippen LogP contribution in [-0.4, -0.2) is 25.8 Å². The summed E-state index contributed by atoms with van der Waals surface area (Å²) in [6, 6.07) is 13.8. The van der Waals surface area contributed by atoms with Crippen LogP contribution in [0.2, 0.25) is 0 Å². The van der Waals surface area contributed by atoms with Crippen LogP contribution < -0.4 is 19.7 Å². The highest BCUT2D eigenvalue weighted by Crippen LogP contribution is 2.32. The monoisotopic (exact) mass is 355 g/mol. The Bertz CT molecular complexity index is 771. The Morgan fingerprint density at radius 2 is 1.77 bits per heavy atom. The molecule has 3 rings (SSSR count). The number of benzene rings is 2. The summed E-state index contributed by atoms with van der Waals surface area (Å²) in [4.78, 5) is 13.7. The number of carbonyl (C=O) groups is 1. The first-order chi connectivity index (χ1) is 12.4. The van der Waals surface area contributed by atoms with Crippen LogP contribution in [0.15, 0.2) is 42.5 Å². The average Bonchev–Trinajstić information content (AvgIpc) is 3.09. The van der Waals surface area contributed by atoms with Crippen LogP contribution in [0.1, 0.15) is 37.8 Å². The number of fused-ring (bicyclic) bond motifs is 1. The van der Waals surface area contributed by atoms with Gasteiger partial charge in [0.05, 0.1) is 7.05 Å². The average molecular weight is 355 g/mol. The molecule has 26 heavy (non-hydrogen) atoms. The van der Waals surface area contributed by atoms with Crippen molar-refractivity contribution in [3.63, 3.8) is 0 Å². The number of anilines is 1. The van der Waals surface area contributed by atoms with Crippen molar-refractivity contribution in [1.29, 1.82) is 0 Å². The van der Waals surface area contributed by atoms with Gasteiger partial charge in [-0.05, 0) is 48.7 Å². The SMILES string of the molecule is CC(C)c1ccc(NC(=O)[C@H](C)[NH+](C)Cc2ccc3c(c2)OCO3)cc1. The Morgan fingerprint density at radius 1 is 1.08 bits per heavy atom. The van der Waals surface area contributed by atoms with Crippen LogP contribution in [-0.2, 0) is 11.3 Å². The van der Waals surface area contributed by atoms with Gasteiger partial charge in [0, 0.05) is 11.3 Å². The minimum atomic E-state index is -0.176. The summed E-state index contributed by atoms with van der Waals surface area (Å²) in [5, 5.41) is 3.01. The summed E-state index contributed by atoms with van der Waals surface area (Å²) in [6.45, 7) is 7.27. The van der Waals surface area contributed by atoms with E-state index in [2.05, 4.69) is 31.3 Å². The molecule has 2 aromatic carbocycles. The summed E-state index contributed by atoms with van der Waals surface area (Å²) >= 11 is 0. The molecule has 2 N–H and O–H groups in total. The Kier molecular flexibility index (Phi) is 5.47. The van der Waals surface area contributed by atoms with Crippen LogP contribution >= 0.6 is 0 Å². The molecule has 1 aliphatic rings. The van der Waals surface area contributed by atoms with Crippen LogP contribution in [0.25, 0.3) is 0 Å². The molecule has 1 unspecified atom stereocenters. The van der Waals surface area contributed by atoms with E-state index < -0.39 is 0 Å². The number of nitrogens with one attached hydrogen (secondary N) is 2. The lowest BCUT2D eigenvalue weighted by Crippen LogP contribution is -3.12. The first-order valence-corrected chi connectivity index (χ1v) is 9.05. The lowest BCUT2D eigenvalue weighted by atomic mass is 10.0. The van der Waals surface area contributed by atoms with E-state index in [1.54, 1.807) is 0 Å². The van der Waals surface area contributed by atoms with Crippen molar-refractivity contribution < 1.29 is 19.2 Å². The van der Waals surface area contributed by atoms with Gasteiger partial charge in [-0.1, -0.05) is 26.0 Å². The third kappa shape index (κ3) is 4.17. The summed E-state index contributed by atoms with van der Waals surface area (Å²) in [5.41, 5.74) is 3.22. The zero-order valence-corrected chi connectivity index (χ0v) is 15.8. The van der Waals surface area contributed by atoms with Crippen LogP contribution in [0.3, 0.4) is 0 Å². The topological polar surface area (TPSA) is 52.0 Å². The van der Waals surface area contributed by atoms with Crippen molar-refractivity contribution in [2.45, 2.75) is 39.3 Å². The van der Waals surface area contributed by atoms with Gasteiger partial charge in [0.25, 0.3) is 5.91 Å². The van der Waals surface area contributed by atoms with Crippen molar-refractivity contribution in [3.05, 3.63) is 53.6 Å². The molecule has 0 aliphatic carbocycles. The molecule has 0 aromatic heterocycles. The molecule has 0 bridgehead atoms. The molecule has 5 heteroatoms. The highest BCUT2D eigenvalue weighted by molar-refractivity contribution is 5.93. The van der Waals surface area contributed by atoms with Crippen LogP contribution in [0.4, 0.5) is 5.69 Å². The third-order valence-corrected chi connectivity index (χ3v) is 4.90. The van der Waals surface area contributed by atoms with E-state index in [1.165, 1.54) is 5.56 Å². The molecule has 1 aliphatic heterocycles. The summed E-state index contributed by atoms with van der Waals surface area (Å²) in [6.07, 6.45) is 0. The number of amides is 1. The minimum absolute atomic E-state index is 0.0144. The maximum atomic E-state index is 12.6. The Balaban J connectivity index is 1.58. The van der Waals surface area contributed by atoms with Crippen molar-refractivity contribution in [1.82, 2.24) is 0 Å². The van der Waals surface area contributed by atoms with Crippen LogP contribution in [0.5, 0.6) is 11.5 Å². The van der Waals surface area contributed by atoms with E-state index in [1.807, 2.05) is 44.3 Å². The standard InChI is InChI=1S/C21H26N2O3/c1-14(2)17-6-8-18(9-7-17)22-21(24)15(3)23(4)12-16-5-10-19-20(11-16)26-13-25-19/h5-11,14-15H,12-13H2,1-4H3,(H,22,24)/p+1/t15-/m0/s1. The predicted molar refractivity (Wildman–Crippen MR) is 102 cm³/mol. The fourth-order valence-corrected chi connectivity index (χ4v) is 2.95. The van der Waals surface area contributed by atoms with Gasteiger partial charge in [-0.2, -0.15) is 0 Å². The Labute approximate surface area is 154 Å². The zero-order chi connectivity index (χ0) is 18.7. The molecule has 2 atom stereocenters. The smallest absolute Gasteiger partial charge is 0.282 e. The highest BCUT2D eigenvalue weighted by atomic mass is 16.7. The lowest BCUT2D eigenvalue weighted by Gasteiger charge is -2.21. The van der Waals surface area contributed by atoms with Gasteiger partial charge < -0.3 is 19.7 Å². The van der Waals surface area contributed by atoms with Gasteiger partial charge in [0.1, 0.15) is 6.54 Å².